The van der Waals surface area contributed by atoms with Crippen molar-refractivity contribution in [3.8, 4) is 5.75 Å². The van der Waals surface area contributed by atoms with E-state index in [4.69, 9.17) is 13.8 Å². The number of imide groups is 1. The van der Waals surface area contributed by atoms with Crippen LogP contribution in [0, 0.1) is 0 Å². The van der Waals surface area contributed by atoms with Gasteiger partial charge in [-0.15, -0.1) is 0 Å². The molecule has 1 aliphatic rings. The molecule has 1 N–H and O–H groups in total. The van der Waals surface area contributed by atoms with Crippen LogP contribution in [-0.2, 0) is 23.2 Å². The molecule has 0 saturated carbocycles. The van der Waals surface area contributed by atoms with E-state index in [0.717, 1.165) is 0 Å². The van der Waals surface area contributed by atoms with E-state index in [2.05, 4.69) is 0 Å². The molecule has 24 heavy (non-hydrogen) atoms. The summed E-state index contributed by atoms with van der Waals surface area (Å²) in [7, 11) is -2.45. The lowest BCUT2D eigenvalue weighted by molar-refractivity contribution is -0.171. The second-order valence-corrected chi connectivity index (χ2v) is 7.21. The molecule has 0 aliphatic carbocycles. The quantitative estimate of drug-likeness (QED) is 0.453. The summed E-state index contributed by atoms with van der Waals surface area (Å²) in [6.45, 7) is 3.28. The maximum absolute atomic E-state index is 13.0. The van der Waals surface area contributed by atoms with Crippen molar-refractivity contribution in [3.05, 3.63) is 29.8 Å². The summed E-state index contributed by atoms with van der Waals surface area (Å²) in [5, 5.41) is 9.74. The van der Waals surface area contributed by atoms with Gasteiger partial charge >= 0.3 is 7.60 Å². The van der Waals surface area contributed by atoms with Crippen molar-refractivity contribution in [3.63, 3.8) is 0 Å². The Bertz CT molecular complexity index is 650. The lowest BCUT2D eigenvalue weighted by Gasteiger charge is -2.24. The standard InChI is InChI=1S/C15H20NO7P/c1-4-22-24(20,23-5-2)13-12(14(17)16(19)15(13)18)10-6-8-11(21-3)9-7-10/h6-9,12-13,19H,4-5H2,1-3H3/t12?,13-/m1/s1. The first-order valence-corrected chi connectivity index (χ1v) is 9.10. The highest BCUT2D eigenvalue weighted by molar-refractivity contribution is 7.56. The molecular weight excluding hydrogens is 337 g/mol. The Hall–Kier alpha value is -1.73. The number of ether oxygens (including phenoxy) is 1. The average molecular weight is 357 g/mol. The molecule has 8 nitrogen and oxygen atoms in total. The van der Waals surface area contributed by atoms with E-state index >= 15 is 0 Å². The van der Waals surface area contributed by atoms with Crippen LogP contribution in [0.25, 0.3) is 0 Å². The van der Waals surface area contributed by atoms with Gasteiger partial charge in [0.2, 0.25) is 0 Å². The van der Waals surface area contributed by atoms with Gasteiger partial charge in [-0.1, -0.05) is 12.1 Å². The number of nitrogens with zero attached hydrogens (tertiary/aromatic N) is 1. The van der Waals surface area contributed by atoms with Crippen molar-refractivity contribution in [2.24, 2.45) is 0 Å². The van der Waals surface area contributed by atoms with Crippen LogP contribution < -0.4 is 4.74 Å². The van der Waals surface area contributed by atoms with Crippen molar-refractivity contribution in [1.29, 1.82) is 0 Å². The molecule has 2 rings (SSSR count). The molecule has 9 heteroatoms. The number of amides is 2. The van der Waals surface area contributed by atoms with Gasteiger partial charge in [-0.3, -0.25) is 19.4 Å². The highest BCUT2D eigenvalue weighted by Crippen LogP contribution is 2.60. The minimum Gasteiger partial charge on any atom is -0.497 e. The Kier molecular flexibility index (Phi) is 5.77. The van der Waals surface area contributed by atoms with Crippen molar-refractivity contribution < 1.29 is 33.1 Å². The smallest absolute Gasteiger partial charge is 0.344 e. The predicted octanol–water partition coefficient (Wildman–Crippen LogP) is 2.17. The normalized spacial score (nSPS) is 21.4. The summed E-state index contributed by atoms with van der Waals surface area (Å²) in [5.74, 6) is -2.45. The molecule has 0 aromatic heterocycles. The van der Waals surface area contributed by atoms with Gasteiger partial charge in [0, 0.05) is 0 Å². The van der Waals surface area contributed by atoms with E-state index in [1.165, 1.54) is 7.11 Å². The number of rotatable bonds is 7. The molecular formula is C15H20NO7P. The molecule has 1 aliphatic heterocycles. The molecule has 2 amide bonds. The number of hydrogen-bond donors (Lipinski definition) is 1. The molecule has 1 saturated heterocycles. The number of methoxy groups -OCH3 is 1. The summed E-state index contributed by atoms with van der Waals surface area (Å²) in [5.41, 5.74) is -1.02. The van der Waals surface area contributed by atoms with E-state index in [1.807, 2.05) is 0 Å². The van der Waals surface area contributed by atoms with Gasteiger partial charge in [0.25, 0.3) is 11.8 Å². The molecule has 1 unspecified atom stereocenters. The first kappa shape index (κ1) is 18.6. The fraction of sp³-hybridized carbons (Fsp3) is 0.467. The third-order valence-electron chi connectivity index (χ3n) is 3.69. The fourth-order valence-corrected chi connectivity index (χ4v) is 4.82. The Morgan fingerprint density at radius 2 is 1.62 bits per heavy atom. The van der Waals surface area contributed by atoms with E-state index in [9.17, 15) is 19.4 Å². The van der Waals surface area contributed by atoms with Crippen LogP contribution in [0.1, 0.15) is 25.3 Å². The van der Waals surface area contributed by atoms with E-state index in [1.54, 1.807) is 38.1 Å². The number of carbonyl (C=O) groups excluding carboxylic acids is 2. The predicted molar refractivity (Wildman–Crippen MR) is 84.0 cm³/mol. The van der Waals surface area contributed by atoms with E-state index < -0.39 is 31.0 Å². The van der Waals surface area contributed by atoms with Gasteiger partial charge in [0.05, 0.1) is 26.2 Å². The van der Waals surface area contributed by atoms with Crippen LogP contribution in [0.15, 0.2) is 24.3 Å². The number of carbonyl (C=O) groups is 2. The van der Waals surface area contributed by atoms with Crippen LogP contribution in [0.5, 0.6) is 5.75 Å². The van der Waals surface area contributed by atoms with Gasteiger partial charge in [-0.05, 0) is 31.5 Å². The van der Waals surface area contributed by atoms with Crippen LogP contribution in [0.2, 0.25) is 0 Å². The first-order chi connectivity index (χ1) is 11.4. The summed E-state index contributed by atoms with van der Waals surface area (Å²) >= 11 is 0. The minimum absolute atomic E-state index is 0.00967. The number of hydroxylamine groups is 2. The lowest BCUT2D eigenvalue weighted by Crippen LogP contribution is -2.29. The van der Waals surface area contributed by atoms with Crippen LogP contribution in [0.3, 0.4) is 0 Å². The summed E-state index contributed by atoms with van der Waals surface area (Å²) < 4.78 is 28.5. The Labute approximate surface area is 139 Å². The molecule has 1 aromatic rings. The summed E-state index contributed by atoms with van der Waals surface area (Å²) in [6, 6.07) is 6.36. The first-order valence-electron chi connectivity index (χ1n) is 7.49. The van der Waals surface area contributed by atoms with Gasteiger partial charge in [-0.25, -0.2) is 0 Å². The Balaban J connectivity index is 2.50. The largest absolute Gasteiger partial charge is 0.497 e. The number of benzene rings is 1. The molecule has 0 spiro atoms. The summed E-state index contributed by atoms with van der Waals surface area (Å²) in [6.07, 6.45) is 0. The fourth-order valence-electron chi connectivity index (χ4n) is 2.65. The molecule has 132 valence electrons. The monoisotopic (exact) mass is 357 g/mol. The molecule has 2 atom stereocenters. The van der Waals surface area contributed by atoms with Crippen molar-refractivity contribution >= 4 is 19.4 Å². The number of hydrogen-bond acceptors (Lipinski definition) is 7. The van der Waals surface area contributed by atoms with Crippen LogP contribution >= 0.6 is 7.60 Å². The van der Waals surface area contributed by atoms with Crippen molar-refractivity contribution in [2.45, 2.75) is 25.4 Å². The second-order valence-electron chi connectivity index (χ2n) is 5.06. The SMILES string of the molecule is CCOP(=O)(OCC)[C@H]1C(=O)N(O)C(=O)C1c1ccc(OC)cc1. The van der Waals surface area contributed by atoms with Gasteiger partial charge in [0.15, 0.2) is 5.66 Å². The third-order valence-corrected chi connectivity index (χ3v) is 6.12. The Morgan fingerprint density at radius 3 is 2.08 bits per heavy atom. The van der Waals surface area contributed by atoms with Gasteiger partial charge in [0.1, 0.15) is 5.75 Å². The molecule has 1 fully saturated rings. The third kappa shape index (κ3) is 3.23. The molecule has 1 aromatic carbocycles. The Morgan fingerprint density at radius 1 is 1.08 bits per heavy atom. The zero-order valence-electron chi connectivity index (χ0n) is 13.7. The van der Waals surface area contributed by atoms with Gasteiger partial charge in [-0.2, -0.15) is 5.06 Å². The van der Waals surface area contributed by atoms with Crippen molar-refractivity contribution in [1.82, 2.24) is 5.06 Å². The molecule has 0 bridgehead atoms. The lowest BCUT2D eigenvalue weighted by atomic mass is 9.97. The van der Waals surface area contributed by atoms with Crippen molar-refractivity contribution in [2.75, 3.05) is 20.3 Å². The minimum atomic E-state index is -3.94. The molecule has 0 radical (unpaired) electrons. The molecule has 1 heterocycles. The zero-order chi connectivity index (χ0) is 17.9. The summed E-state index contributed by atoms with van der Waals surface area (Å²) in [4.78, 5) is 24.6. The van der Waals surface area contributed by atoms with Crippen LogP contribution in [-0.4, -0.2) is 48.1 Å². The maximum Gasteiger partial charge on any atom is 0.344 e. The average Bonchev–Trinajstić information content (AvgIpc) is 2.80. The zero-order valence-corrected chi connectivity index (χ0v) is 14.6. The van der Waals surface area contributed by atoms with Crippen LogP contribution in [0.4, 0.5) is 0 Å². The maximum atomic E-state index is 13.0. The highest BCUT2D eigenvalue weighted by Gasteiger charge is 2.58. The highest BCUT2D eigenvalue weighted by atomic mass is 31.2. The topological polar surface area (TPSA) is 102 Å². The van der Waals surface area contributed by atoms with E-state index in [0.29, 0.717) is 11.3 Å². The second kappa shape index (κ2) is 7.44. The van der Waals surface area contributed by atoms with Gasteiger partial charge < -0.3 is 13.8 Å². The van der Waals surface area contributed by atoms with E-state index in [-0.39, 0.29) is 18.3 Å².